The number of rotatable bonds is 6. The number of nitrogens with zero attached hydrogens (tertiary/aromatic N) is 4. The minimum atomic E-state index is -4.08. The van der Waals surface area contributed by atoms with Gasteiger partial charge < -0.3 is 0 Å². The minimum Gasteiger partial charge on any atom is -0.287 e. The van der Waals surface area contributed by atoms with Crippen molar-refractivity contribution in [1.29, 1.82) is 0 Å². The fourth-order valence-corrected chi connectivity index (χ4v) is 4.55. The van der Waals surface area contributed by atoms with E-state index in [1.165, 1.54) is 47.4 Å². The molecule has 0 amide bonds. The maximum atomic E-state index is 13.3. The van der Waals surface area contributed by atoms with E-state index in [9.17, 15) is 13.2 Å². The van der Waals surface area contributed by atoms with Crippen molar-refractivity contribution in [2.45, 2.75) is 11.8 Å². The lowest BCUT2D eigenvalue weighted by molar-refractivity contribution is 0.103. The van der Waals surface area contributed by atoms with Crippen LogP contribution in [0.1, 0.15) is 21.6 Å². The number of carbonyl (C=O) groups is 1. The van der Waals surface area contributed by atoms with E-state index in [4.69, 9.17) is 34.8 Å². The number of sulfonamides is 1. The van der Waals surface area contributed by atoms with Crippen LogP contribution in [0.5, 0.6) is 0 Å². The quantitative estimate of drug-likeness (QED) is 0.359. The molecule has 1 aromatic carbocycles. The van der Waals surface area contributed by atoms with Crippen molar-refractivity contribution < 1.29 is 13.2 Å². The average molecular weight is 523 g/mol. The summed E-state index contributed by atoms with van der Waals surface area (Å²) in [5.41, 5.74) is 0.353. The van der Waals surface area contributed by atoms with Crippen LogP contribution in [0.2, 0.25) is 15.1 Å². The smallest absolute Gasteiger partial charge is 0.261 e. The summed E-state index contributed by atoms with van der Waals surface area (Å²) in [5.74, 6) is -0.280. The highest BCUT2D eigenvalue weighted by Gasteiger charge is 2.24. The Balaban J connectivity index is 1.75. The van der Waals surface area contributed by atoms with E-state index >= 15 is 0 Å². The van der Waals surface area contributed by atoms with Gasteiger partial charge in [-0.25, -0.2) is 23.1 Å². The summed E-state index contributed by atoms with van der Waals surface area (Å²) in [6.07, 6.45) is 5.76. The molecule has 0 saturated carbocycles. The Morgan fingerprint density at radius 3 is 2.52 bits per heavy atom. The molecule has 4 rings (SSSR count). The molecule has 0 saturated heterocycles. The molecule has 3 heterocycles. The van der Waals surface area contributed by atoms with Crippen LogP contribution in [-0.2, 0) is 10.0 Å². The second-order valence-corrected chi connectivity index (χ2v) is 9.80. The van der Waals surface area contributed by atoms with Crippen molar-refractivity contribution in [3.8, 4) is 5.82 Å². The number of pyridine rings is 2. The summed E-state index contributed by atoms with van der Waals surface area (Å²) in [6, 6.07) is 8.68. The van der Waals surface area contributed by atoms with Crippen molar-refractivity contribution in [3.63, 3.8) is 0 Å². The van der Waals surface area contributed by atoms with Crippen molar-refractivity contribution in [2.75, 3.05) is 4.72 Å². The van der Waals surface area contributed by atoms with Gasteiger partial charge in [-0.3, -0.25) is 9.52 Å². The minimum absolute atomic E-state index is 0.0364. The highest BCUT2D eigenvalue weighted by molar-refractivity contribution is 7.92. The number of halogens is 3. The molecule has 0 spiro atoms. The number of aromatic nitrogens is 4. The van der Waals surface area contributed by atoms with Gasteiger partial charge in [-0.1, -0.05) is 34.8 Å². The molecule has 0 bridgehead atoms. The predicted octanol–water partition coefficient (Wildman–Crippen LogP) is 4.96. The first-order chi connectivity index (χ1) is 15.7. The zero-order valence-electron chi connectivity index (χ0n) is 16.8. The molecule has 0 unspecified atom stereocenters. The third kappa shape index (κ3) is 4.86. The van der Waals surface area contributed by atoms with Crippen LogP contribution in [0, 0.1) is 6.92 Å². The second kappa shape index (κ2) is 9.11. The zero-order valence-corrected chi connectivity index (χ0v) is 19.9. The summed E-state index contributed by atoms with van der Waals surface area (Å²) in [6.45, 7) is 1.68. The topological polar surface area (TPSA) is 107 Å². The van der Waals surface area contributed by atoms with Crippen molar-refractivity contribution >= 4 is 56.3 Å². The monoisotopic (exact) mass is 521 g/mol. The number of anilines is 1. The van der Waals surface area contributed by atoms with Gasteiger partial charge in [-0.05, 0) is 48.9 Å². The number of ketones is 1. The zero-order chi connectivity index (χ0) is 23.8. The third-order valence-corrected chi connectivity index (χ3v) is 6.87. The Hall–Kier alpha value is -2.98. The van der Waals surface area contributed by atoms with Gasteiger partial charge in [0.15, 0.2) is 5.82 Å². The summed E-state index contributed by atoms with van der Waals surface area (Å²) < 4.78 is 29.8. The van der Waals surface area contributed by atoms with Gasteiger partial charge in [0.25, 0.3) is 10.0 Å². The summed E-state index contributed by atoms with van der Waals surface area (Å²) in [5, 5.41) is 4.70. The first-order valence-corrected chi connectivity index (χ1v) is 11.9. The second-order valence-electron chi connectivity index (χ2n) is 6.87. The molecule has 0 aliphatic heterocycles. The number of carbonyl (C=O) groups excluding carboxylic acids is 1. The van der Waals surface area contributed by atoms with E-state index in [0.717, 1.165) is 0 Å². The van der Waals surface area contributed by atoms with Gasteiger partial charge in [0.2, 0.25) is 5.78 Å². The van der Waals surface area contributed by atoms with E-state index in [0.29, 0.717) is 16.4 Å². The molecule has 168 valence electrons. The Kier molecular flexibility index (Phi) is 6.40. The van der Waals surface area contributed by atoms with Crippen molar-refractivity contribution in [3.05, 3.63) is 93.1 Å². The lowest BCUT2D eigenvalue weighted by atomic mass is 10.1. The molecular weight excluding hydrogens is 509 g/mol. The maximum absolute atomic E-state index is 13.3. The van der Waals surface area contributed by atoms with Gasteiger partial charge in [0, 0.05) is 35.4 Å². The molecule has 0 atom stereocenters. The molecule has 3 aromatic heterocycles. The molecule has 0 aliphatic carbocycles. The standard InChI is InChI=1S/C21H14Cl3N5O3S/c1-12-7-14(3-4-16(12)23)33(31,32)28-18-8-13(22)10-26-20(18)21(30)15-9-19(25-11-17(15)24)29-6-2-5-27-29/h2-11,28H,1H3. The first-order valence-electron chi connectivity index (χ1n) is 9.30. The first kappa shape index (κ1) is 23.2. The lowest BCUT2D eigenvalue weighted by Gasteiger charge is -2.13. The SMILES string of the molecule is Cc1cc(S(=O)(=O)Nc2cc(Cl)cnc2C(=O)c2cc(-n3cccn3)ncc2Cl)ccc1Cl. The summed E-state index contributed by atoms with van der Waals surface area (Å²) in [7, 11) is -4.08. The molecule has 1 N–H and O–H groups in total. The maximum Gasteiger partial charge on any atom is 0.261 e. The number of hydrogen-bond donors (Lipinski definition) is 1. The van der Waals surface area contributed by atoms with Crippen LogP contribution < -0.4 is 4.72 Å². The summed E-state index contributed by atoms with van der Waals surface area (Å²) >= 11 is 18.3. The molecule has 33 heavy (non-hydrogen) atoms. The van der Waals surface area contributed by atoms with E-state index < -0.39 is 15.8 Å². The normalized spacial score (nSPS) is 11.4. The molecule has 0 fully saturated rings. The molecule has 0 radical (unpaired) electrons. The van der Waals surface area contributed by atoms with Crippen LogP contribution in [-0.4, -0.2) is 33.9 Å². The molecular formula is C21H14Cl3N5O3S. The summed E-state index contributed by atoms with van der Waals surface area (Å²) in [4.78, 5) is 21.5. The average Bonchev–Trinajstić information content (AvgIpc) is 3.30. The molecule has 8 nitrogen and oxygen atoms in total. The van der Waals surface area contributed by atoms with Crippen LogP contribution in [0.15, 0.2) is 66.1 Å². The molecule has 0 aliphatic rings. The lowest BCUT2D eigenvalue weighted by Crippen LogP contribution is -2.17. The Morgan fingerprint density at radius 2 is 1.82 bits per heavy atom. The van der Waals surface area contributed by atoms with E-state index in [1.807, 2.05) is 0 Å². The molecule has 4 aromatic rings. The van der Waals surface area contributed by atoms with Gasteiger partial charge >= 0.3 is 0 Å². The fourth-order valence-electron chi connectivity index (χ4n) is 2.94. The van der Waals surface area contributed by atoms with Crippen LogP contribution in [0.25, 0.3) is 5.82 Å². The van der Waals surface area contributed by atoms with Crippen LogP contribution in [0.4, 0.5) is 5.69 Å². The Morgan fingerprint density at radius 1 is 1.03 bits per heavy atom. The molecule has 12 heteroatoms. The van der Waals surface area contributed by atoms with E-state index in [2.05, 4.69) is 19.8 Å². The van der Waals surface area contributed by atoms with E-state index in [-0.39, 0.29) is 31.9 Å². The number of hydrogen-bond acceptors (Lipinski definition) is 6. The Labute approximate surface area is 204 Å². The van der Waals surface area contributed by atoms with Crippen molar-refractivity contribution in [1.82, 2.24) is 19.7 Å². The highest BCUT2D eigenvalue weighted by Crippen LogP contribution is 2.28. The third-order valence-electron chi connectivity index (χ3n) is 4.58. The predicted molar refractivity (Wildman–Crippen MR) is 126 cm³/mol. The van der Waals surface area contributed by atoms with Gasteiger partial charge in [-0.15, -0.1) is 0 Å². The largest absolute Gasteiger partial charge is 0.287 e. The fraction of sp³-hybridized carbons (Fsp3) is 0.0476. The number of nitrogens with one attached hydrogen (secondary N) is 1. The van der Waals surface area contributed by atoms with Crippen molar-refractivity contribution in [2.24, 2.45) is 0 Å². The Bertz CT molecular complexity index is 1470. The number of benzene rings is 1. The van der Waals surface area contributed by atoms with Gasteiger partial charge in [0.05, 0.1) is 20.6 Å². The van der Waals surface area contributed by atoms with Gasteiger partial charge in [0.1, 0.15) is 5.69 Å². The number of aryl methyl sites for hydroxylation is 1. The van der Waals surface area contributed by atoms with Crippen LogP contribution >= 0.6 is 34.8 Å². The highest BCUT2D eigenvalue weighted by atomic mass is 35.5. The van der Waals surface area contributed by atoms with E-state index in [1.54, 1.807) is 25.4 Å². The van der Waals surface area contributed by atoms with Gasteiger partial charge in [-0.2, -0.15) is 5.10 Å². The van der Waals surface area contributed by atoms with Crippen LogP contribution in [0.3, 0.4) is 0 Å².